The van der Waals surface area contributed by atoms with Gasteiger partial charge in [-0.3, -0.25) is 4.79 Å². The molecule has 3 nitrogen and oxygen atoms in total. The van der Waals surface area contributed by atoms with Crippen molar-refractivity contribution in [1.82, 2.24) is 0 Å². The molecule has 2 rings (SSSR count). The van der Waals surface area contributed by atoms with E-state index < -0.39 is 0 Å². The molecule has 96 valence electrons. The van der Waals surface area contributed by atoms with E-state index in [4.69, 9.17) is 9.31 Å². The molecule has 0 aromatic heterocycles. The van der Waals surface area contributed by atoms with Crippen LogP contribution in [0.3, 0.4) is 0 Å². The van der Waals surface area contributed by atoms with E-state index in [0.29, 0.717) is 5.78 Å². The summed E-state index contributed by atoms with van der Waals surface area (Å²) in [6.45, 7) is 8.21. The summed E-state index contributed by atoms with van der Waals surface area (Å²) >= 11 is 0. The van der Waals surface area contributed by atoms with Crippen molar-refractivity contribution in [1.29, 1.82) is 0 Å². The summed E-state index contributed by atoms with van der Waals surface area (Å²) in [6.07, 6.45) is 4.69. The van der Waals surface area contributed by atoms with Gasteiger partial charge < -0.3 is 9.31 Å². The van der Waals surface area contributed by atoms with Crippen LogP contribution >= 0.6 is 0 Å². The molecule has 0 unspecified atom stereocenters. The van der Waals surface area contributed by atoms with Crippen LogP contribution in [0, 0.1) is 5.92 Å². The lowest BCUT2D eigenvalue weighted by atomic mass is 9.71. The van der Waals surface area contributed by atoms with Gasteiger partial charge in [0.25, 0.3) is 0 Å². The second kappa shape index (κ2) is 4.40. The number of Topliss-reactive ketones (excluding diaryl/α,β-unsaturated/α-hetero) is 1. The zero-order chi connectivity index (χ0) is 12.7. The lowest BCUT2D eigenvalue weighted by Crippen LogP contribution is -2.41. The second-order valence-electron chi connectivity index (χ2n) is 6.33. The molecule has 1 aliphatic carbocycles. The zero-order valence-electron chi connectivity index (χ0n) is 11.4. The smallest absolute Gasteiger partial charge is 0.403 e. The second-order valence-corrected chi connectivity index (χ2v) is 6.33. The van der Waals surface area contributed by atoms with Crippen molar-refractivity contribution in [2.24, 2.45) is 5.92 Å². The van der Waals surface area contributed by atoms with Crippen molar-refractivity contribution < 1.29 is 14.1 Å². The van der Waals surface area contributed by atoms with Gasteiger partial charge in [0.05, 0.1) is 11.2 Å². The van der Waals surface area contributed by atoms with Crippen molar-refractivity contribution in [2.45, 2.75) is 70.9 Å². The fourth-order valence-corrected chi connectivity index (χ4v) is 2.60. The average Bonchev–Trinajstić information content (AvgIpc) is 2.39. The zero-order valence-corrected chi connectivity index (χ0v) is 11.4. The highest BCUT2D eigenvalue weighted by Gasteiger charge is 2.51. The van der Waals surface area contributed by atoms with Gasteiger partial charge in [-0.05, 0) is 46.9 Å². The SMILES string of the molecule is CC1(C)OB(C[C@@H]2CCCCC2=O)OC1(C)C. The first-order valence-electron chi connectivity index (χ1n) is 6.70. The first-order valence-corrected chi connectivity index (χ1v) is 6.70. The van der Waals surface area contributed by atoms with E-state index in [-0.39, 0.29) is 24.2 Å². The maximum Gasteiger partial charge on any atom is 0.458 e. The van der Waals surface area contributed by atoms with Gasteiger partial charge in [0.2, 0.25) is 0 Å². The molecule has 0 aromatic carbocycles. The monoisotopic (exact) mass is 238 g/mol. The third kappa shape index (κ3) is 2.58. The topological polar surface area (TPSA) is 35.5 Å². The first-order chi connectivity index (χ1) is 7.82. The minimum atomic E-state index is -0.282. The Labute approximate surface area is 104 Å². The molecule has 17 heavy (non-hydrogen) atoms. The summed E-state index contributed by atoms with van der Waals surface area (Å²) in [5, 5.41) is 0. The average molecular weight is 238 g/mol. The van der Waals surface area contributed by atoms with E-state index in [2.05, 4.69) is 27.7 Å². The lowest BCUT2D eigenvalue weighted by Gasteiger charge is -2.32. The molecular formula is C13H23BO3. The molecule has 0 radical (unpaired) electrons. The molecule has 1 heterocycles. The summed E-state index contributed by atoms with van der Waals surface area (Å²) < 4.78 is 11.9. The number of rotatable bonds is 2. The van der Waals surface area contributed by atoms with Gasteiger partial charge in [-0.2, -0.15) is 0 Å². The van der Waals surface area contributed by atoms with Crippen LogP contribution in [0.2, 0.25) is 6.32 Å². The quantitative estimate of drug-likeness (QED) is 0.694. The summed E-state index contributed by atoms with van der Waals surface area (Å²) in [6, 6.07) is 0. The molecule has 1 saturated heterocycles. The fourth-order valence-electron chi connectivity index (χ4n) is 2.60. The largest absolute Gasteiger partial charge is 0.458 e. The van der Waals surface area contributed by atoms with Crippen LogP contribution in [-0.2, 0) is 14.1 Å². The Morgan fingerprint density at radius 3 is 2.29 bits per heavy atom. The van der Waals surface area contributed by atoms with Gasteiger partial charge in [-0.1, -0.05) is 6.42 Å². The molecule has 1 atom stereocenters. The summed E-state index contributed by atoms with van der Waals surface area (Å²) in [5.41, 5.74) is -0.565. The van der Waals surface area contributed by atoms with Crippen molar-refractivity contribution in [3.63, 3.8) is 0 Å². The van der Waals surface area contributed by atoms with E-state index in [1.54, 1.807) is 0 Å². The minimum Gasteiger partial charge on any atom is -0.403 e. The Bertz CT molecular complexity index is 296. The Hall–Kier alpha value is -0.345. The minimum absolute atomic E-state index is 0.151. The maximum absolute atomic E-state index is 11.8. The van der Waals surface area contributed by atoms with Crippen LogP contribution in [0.25, 0.3) is 0 Å². The van der Waals surface area contributed by atoms with Crippen molar-refractivity contribution in [3.05, 3.63) is 0 Å². The third-order valence-electron chi connectivity index (χ3n) is 4.46. The molecule has 0 aromatic rings. The number of ketones is 1. The normalized spacial score (nSPS) is 31.9. The molecule has 2 fully saturated rings. The summed E-state index contributed by atoms with van der Waals surface area (Å²) in [4.78, 5) is 11.8. The van der Waals surface area contributed by atoms with E-state index in [1.807, 2.05) is 0 Å². The van der Waals surface area contributed by atoms with E-state index in [9.17, 15) is 4.79 Å². The highest BCUT2D eigenvalue weighted by Crippen LogP contribution is 2.39. The summed E-state index contributed by atoms with van der Waals surface area (Å²) in [7, 11) is -0.216. The molecule has 0 bridgehead atoms. The molecule has 1 aliphatic heterocycles. The van der Waals surface area contributed by atoms with Gasteiger partial charge in [-0.25, -0.2) is 0 Å². The Balaban J connectivity index is 1.95. The number of carbonyl (C=O) groups is 1. The van der Waals surface area contributed by atoms with Crippen LogP contribution < -0.4 is 0 Å². The van der Waals surface area contributed by atoms with Gasteiger partial charge in [-0.15, -0.1) is 0 Å². The number of carbonyl (C=O) groups excluding carboxylic acids is 1. The molecule has 4 heteroatoms. The molecule has 2 aliphatic rings. The first kappa shape index (κ1) is 13.1. The van der Waals surface area contributed by atoms with E-state index in [1.165, 1.54) is 0 Å². The fraction of sp³-hybridized carbons (Fsp3) is 0.923. The molecule has 0 N–H and O–H groups in total. The van der Waals surface area contributed by atoms with Crippen LogP contribution in [0.15, 0.2) is 0 Å². The van der Waals surface area contributed by atoms with E-state index in [0.717, 1.165) is 32.0 Å². The third-order valence-corrected chi connectivity index (χ3v) is 4.46. The number of hydrogen-bond acceptors (Lipinski definition) is 3. The van der Waals surface area contributed by atoms with Gasteiger partial charge in [0, 0.05) is 12.3 Å². The molecular weight excluding hydrogens is 215 g/mol. The van der Waals surface area contributed by atoms with Gasteiger partial charge >= 0.3 is 7.12 Å². The van der Waals surface area contributed by atoms with Gasteiger partial charge in [0.1, 0.15) is 5.78 Å². The highest BCUT2D eigenvalue weighted by atomic mass is 16.7. The predicted octanol–water partition coefficient (Wildman–Crippen LogP) is 2.84. The number of hydrogen-bond donors (Lipinski definition) is 0. The van der Waals surface area contributed by atoms with E-state index >= 15 is 0 Å². The highest BCUT2D eigenvalue weighted by molar-refractivity contribution is 6.46. The Morgan fingerprint density at radius 2 is 1.76 bits per heavy atom. The molecule has 0 amide bonds. The lowest BCUT2D eigenvalue weighted by molar-refractivity contribution is -0.124. The van der Waals surface area contributed by atoms with Crippen LogP contribution in [0.1, 0.15) is 53.4 Å². The Kier molecular flexibility index (Phi) is 3.39. The van der Waals surface area contributed by atoms with Crippen LogP contribution in [-0.4, -0.2) is 24.1 Å². The summed E-state index contributed by atoms with van der Waals surface area (Å²) in [5.74, 6) is 0.546. The van der Waals surface area contributed by atoms with Crippen molar-refractivity contribution in [3.8, 4) is 0 Å². The molecule has 0 spiro atoms. The van der Waals surface area contributed by atoms with Crippen molar-refractivity contribution >= 4 is 12.9 Å². The van der Waals surface area contributed by atoms with Crippen LogP contribution in [0.5, 0.6) is 0 Å². The van der Waals surface area contributed by atoms with Crippen molar-refractivity contribution in [2.75, 3.05) is 0 Å². The maximum atomic E-state index is 11.8. The predicted molar refractivity (Wildman–Crippen MR) is 67.9 cm³/mol. The molecule has 1 saturated carbocycles. The standard InChI is InChI=1S/C13H23BO3/c1-12(2)13(3,4)17-14(16-12)9-10-7-5-6-8-11(10)15/h10H,5-9H2,1-4H3/t10-/m0/s1. The Morgan fingerprint density at radius 1 is 1.18 bits per heavy atom. The van der Waals surface area contributed by atoms with Crippen LogP contribution in [0.4, 0.5) is 0 Å². The van der Waals surface area contributed by atoms with Gasteiger partial charge in [0.15, 0.2) is 0 Å².